The van der Waals surface area contributed by atoms with Crippen molar-refractivity contribution in [2.45, 2.75) is 26.3 Å². The van der Waals surface area contributed by atoms with Gasteiger partial charge in [-0.05, 0) is 31.4 Å². The van der Waals surface area contributed by atoms with Gasteiger partial charge in [0.2, 0.25) is 0 Å². The predicted octanol–water partition coefficient (Wildman–Crippen LogP) is 1.89. The highest BCUT2D eigenvalue weighted by Gasteiger charge is 2.34. The van der Waals surface area contributed by atoms with Crippen LogP contribution in [0.5, 0.6) is 0 Å². The van der Waals surface area contributed by atoms with Crippen molar-refractivity contribution in [3.63, 3.8) is 0 Å². The Morgan fingerprint density at radius 1 is 1.61 bits per heavy atom. The highest BCUT2D eigenvalue weighted by atomic mass is 35.5. The van der Waals surface area contributed by atoms with E-state index in [0.717, 1.165) is 12.1 Å². The van der Waals surface area contributed by atoms with Gasteiger partial charge in [0.25, 0.3) is 5.91 Å². The minimum atomic E-state index is -0.0928. The number of carbonyl (C=O) groups excluding carboxylic acids is 1. The molecule has 1 fully saturated rings. The first-order chi connectivity index (χ1) is 8.52. The Morgan fingerprint density at radius 3 is 2.94 bits per heavy atom. The van der Waals surface area contributed by atoms with Crippen LogP contribution in [0.3, 0.4) is 0 Å². The number of aliphatic hydroxyl groups is 1. The summed E-state index contributed by atoms with van der Waals surface area (Å²) >= 11 is 5.87. The Kier molecular flexibility index (Phi) is 3.88. The van der Waals surface area contributed by atoms with E-state index in [0.29, 0.717) is 23.2 Å². The third-order valence-electron chi connectivity index (χ3n) is 3.50. The first kappa shape index (κ1) is 13.3. The molecule has 2 heterocycles. The summed E-state index contributed by atoms with van der Waals surface area (Å²) in [4.78, 5) is 18.2. The summed E-state index contributed by atoms with van der Waals surface area (Å²) in [7, 11) is 0. The number of hydrogen-bond donors (Lipinski definition) is 1. The number of hydrogen-bond acceptors (Lipinski definition) is 3. The Balaban J connectivity index is 2.25. The minimum absolute atomic E-state index is 0.00467. The molecular weight excluding hydrogens is 252 g/mol. The van der Waals surface area contributed by atoms with Crippen LogP contribution >= 0.6 is 11.6 Å². The molecule has 4 nitrogen and oxygen atoms in total. The van der Waals surface area contributed by atoms with Crippen LogP contribution < -0.4 is 0 Å². The number of pyridine rings is 1. The fraction of sp³-hybridized carbons (Fsp3) is 0.538. The molecule has 0 saturated carbocycles. The number of aryl methyl sites for hydroxylation is 1. The predicted molar refractivity (Wildman–Crippen MR) is 69.7 cm³/mol. The number of amides is 1. The summed E-state index contributed by atoms with van der Waals surface area (Å²) in [5, 5.41) is 9.70. The maximum atomic E-state index is 12.4. The fourth-order valence-corrected chi connectivity index (χ4v) is 2.71. The van der Waals surface area contributed by atoms with Crippen LogP contribution in [-0.4, -0.2) is 40.1 Å². The molecule has 98 valence electrons. The average molecular weight is 269 g/mol. The highest BCUT2D eigenvalue weighted by molar-refractivity contribution is 6.29. The van der Waals surface area contributed by atoms with Crippen molar-refractivity contribution in [3.05, 3.63) is 28.5 Å². The van der Waals surface area contributed by atoms with Crippen LogP contribution in [0.4, 0.5) is 0 Å². The number of halogens is 1. The number of rotatable bonds is 2. The monoisotopic (exact) mass is 268 g/mol. The third-order valence-corrected chi connectivity index (χ3v) is 3.69. The van der Waals surface area contributed by atoms with Crippen molar-refractivity contribution >= 4 is 17.5 Å². The molecule has 1 aromatic heterocycles. The summed E-state index contributed by atoms with van der Waals surface area (Å²) in [5.41, 5.74) is 1.26. The van der Waals surface area contributed by atoms with Gasteiger partial charge in [-0.15, -0.1) is 0 Å². The quantitative estimate of drug-likeness (QED) is 0.834. The molecule has 1 amide bonds. The molecule has 1 aliphatic heterocycles. The van der Waals surface area contributed by atoms with Gasteiger partial charge in [-0.1, -0.05) is 18.5 Å². The normalized spacial score (nSPS) is 23.4. The van der Waals surface area contributed by atoms with Crippen LogP contribution in [-0.2, 0) is 0 Å². The van der Waals surface area contributed by atoms with Gasteiger partial charge in [-0.25, -0.2) is 4.98 Å². The summed E-state index contributed by atoms with van der Waals surface area (Å²) in [6.45, 7) is 4.55. The van der Waals surface area contributed by atoms with E-state index in [1.165, 1.54) is 0 Å². The maximum absolute atomic E-state index is 12.4. The zero-order chi connectivity index (χ0) is 13.3. The van der Waals surface area contributed by atoms with E-state index < -0.39 is 0 Å². The Hall–Kier alpha value is -1.13. The largest absolute Gasteiger partial charge is 0.394 e. The van der Waals surface area contributed by atoms with Crippen LogP contribution in [0.2, 0.25) is 5.15 Å². The van der Waals surface area contributed by atoms with Crippen LogP contribution in [0.15, 0.2) is 12.1 Å². The molecule has 5 heteroatoms. The van der Waals surface area contributed by atoms with Crippen molar-refractivity contribution in [1.29, 1.82) is 0 Å². The van der Waals surface area contributed by atoms with E-state index in [4.69, 9.17) is 11.6 Å². The van der Waals surface area contributed by atoms with E-state index in [-0.39, 0.29) is 18.6 Å². The fourth-order valence-electron chi connectivity index (χ4n) is 2.46. The minimum Gasteiger partial charge on any atom is -0.394 e. The molecular formula is C13H17ClN2O2. The molecule has 0 aliphatic carbocycles. The van der Waals surface area contributed by atoms with Gasteiger partial charge < -0.3 is 10.0 Å². The second-order valence-electron chi connectivity index (χ2n) is 4.83. The maximum Gasteiger partial charge on any atom is 0.254 e. The number of nitrogens with zero attached hydrogens (tertiary/aromatic N) is 2. The molecule has 1 aromatic rings. The van der Waals surface area contributed by atoms with Gasteiger partial charge >= 0.3 is 0 Å². The van der Waals surface area contributed by atoms with Gasteiger partial charge in [0.15, 0.2) is 0 Å². The van der Waals surface area contributed by atoms with Gasteiger partial charge in [0.05, 0.1) is 12.6 Å². The molecule has 0 radical (unpaired) electrons. The van der Waals surface area contributed by atoms with Gasteiger partial charge in [-0.2, -0.15) is 0 Å². The van der Waals surface area contributed by atoms with Crippen LogP contribution in [0.1, 0.15) is 29.4 Å². The second-order valence-corrected chi connectivity index (χ2v) is 5.22. The van der Waals surface area contributed by atoms with Crippen molar-refractivity contribution in [2.24, 2.45) is 5.92 Å². The summed E-state index contributed by atoms with van der Waals surface area (Å²) < 4.78 is 0. The molecule has 2 unspecified atom stereocenters. The van der Waals surface area contributed by atoms with Crippen molar-refractivity contribution in [3.8, 4) is 0 Å². The van der Waals surface area contributed by atoms with E-state index in [2.05, 4.69) is 11.9 Å². The topological polar surface area (TPSA) is 53.4 Å². The summed E-state index contributed by atoms with van der Waals surface area (Å²) in [6, 6.07) is 3.21. The van der Waals surface area contributed by atoms with Crippen molar-refractivity contribution in [1.82, 2.24) is 9.88 Å². The Labute approximate surface area is 112 Å². The molecule has 1 N–H and O–H groups in total. The lowest BCUT2D eigenvalue weighted by atomic mass is 10.0. The van der Waals surface area contributed by atoms with Crippen LogP contribution in [0.25, 0.3) is 0 Å². The molecule has 0 bridgehead atoms. The van der Waals surface area contributed by atoms with Crippen LogP contribution in [0, 0.1) is 12.8 Å². The van der Waals surface area contributed by atoms with Gasteiger partial charge in [0.1, 0.15) is 5.15 Å². The standard InChI is InChI=1S/C13H17ClN2O2/c1-8-3-4-16(11(8)7-17)13(18)10-5-9(2)15-12(14)6-10/h5-6,8,11,17H,3-4,7H2,1-2H3. The van der Waals surface area contributed by atoms with E-state index in [1.807, 2.05) is 0 Å². The van der Waals surface area contributed by atoms with Crippen molar-refractivity contribution in [2.75, 3.05) is 13.2 Å². The molecule has 2 rings (SSSR count). The zero-order valence-electron chi connectivity index (χ0n) is 10.6. The van der Waals surface area contributed by atoms with E-state index in [1.54, 1.807) is 24.0 Å². The Morgan fingerprint density at radius 2 is 2.33 bits per heavy atom. The second kappa shape index (κ2) is 5.24. The molecule has 1 aliphatic rings. The highest BCUT2D eigenvalue weighted by Crippen LogP contribution is 2.25. The molecule has 1 saturated heterocycles. The van der Waals surface area contributed by atoms with Gasteiger partial charge in [0, 0.05) is 17.8 Å². The molecule has 2 atom stereocenters. The number of aromatic nitrogens is 1. The molecule has 0 aromatic carbocycles. The molecule has 0 spiro atoms. The zero-order valence-corrected chi connectivity index (χ0v) is 11.3. The number of aliphatic hydroxyl groups excluding tert-OH is 1. The van der Waals surface area contributed by atoms with Gasteiger partial charge in [-0.3, -0.25) is 4.79 Å². The lowest BCUT2D eigenvalue weighted by Gasteiger charge is -2.25. The lowest BCUT2D eigenvalue weighted by molar-refractivity contribution is 0.0648. The number of carbonyl (C=O) groups is 1. The SMILES string of the molecule is Cc1cc(C(=O)N2CCC(C)C2CO)cc(Cl)n1. The van der Waals surface area contributed by atoms with Crippen molar-refractivity contribution < 1.29 is 9.90 Å². The summed E-state index contributed by atoms with van der Waals surface area (Å²) in [5.74, 6) is 0.253. The van der Waals surface area contributed by atoms with E-state index >= 15 is 0 Å². The lowest BCUT2D eigenvalue weighted by Crippen LogP contribution is -2.39. The Bertz CT molecular complexity index is 444. The smallest absolute Gasteiger partial charge is 0.254 e. The first-order valence-corrected chi connectivity index (χ1v) is 6.46. The average Bonchev–Trinajstić information content (AvgIpc) is 2.68. The molecule has 18 heavy (non-hydrogen) atoms. The summed E-state index contributed by atoms with van der Waals surface area (Å²) in [6.07, 6.45) is 0.925. The van der Waals surface area contributed by atoms with E-state index in [9.17, 15) is 9.90 Å². The number of likely N-dealkylation sites (tertiary alicyclic amines) is 1. The third kappa shape index (κ3) is 2.49. The first-order valence-electron chi connectivity index (χ1n) is 6.09.